The molecule has 8 heteroatoms. The largest absolute Gasteiger partial charge is 0.469 e. The van der Waals surface area contributed by atoms with Crippen LogP contribution in [-0.2, 0) is 19.6 Å². The predicted octanol–water partition coefficient (Wildman–Crippen LogP) is 1.73. The molecular formula is C13H13ClN2O4S. The first kappa shape index (κ1) is 15.7. The quantitative estimate of drug-likeness (QED) is 0.667. The van der Waals surface area contributed by atoms with Gasteiger partial charge in [-0.15, -0.1) is 0 Å². The fraction of sp³-hybridized carbons (Fsp3) is 0.231. The molecule has 0 saturated carbocycles. The minimum absolute atomic E-state index is 0.0219. The van der Waals surface area contributed by atoms with Crippen LogP contribution in [0, 0.1) is 0 Å². The summed E-state index contributed by atoms with van der Waals surface area (Å²) in [4.78, 5) is 15.1. The van der Waals surface area contributed by atoms with E-state index in [2.05, 4.69) is 14.4 Å². The van der Waals surface area contributed by atoms with Gasteiger partial charge in [0.05, 0.1) is 23.9 Å². The predicted molar refractivity (Wildman–Crippen MR) is 78.6 cm³/mol. The van der Waals surface area contributed by atoms with Crippen LogP contribution >= 0.6 is 11.6 Å². The van der Waals surface area contributed by atoms with Gasteiger partial charge in [0, 0.05) is 11.9 Å². The summed E-state index contributed by atoms with van der Waals surface area (Å²) in [6.07, 6.45) is -0.0273. The highest BCUT2D eigenvalue weighted by molar-refractivity contribution is 7.89. The standard InChI is InChI=1S/C13H13ClN2O4S/c1-20-13(17)6-7-15-21(18,19)10-3-4-11-9(8-10)2-5-12(14)16-11/h2-5,8,15H,6-7H2,1H3. The molecule has 0 amide bonds. The number of nitrogens with zero attached hydrogens (tertiary/aromatic N) is 1. The molecule has 0 aliphatic heterocycles. The van der Waals surface area contributed by atoms with Gasteiger partial charge in [-0.1, -0.05) is 11.6 Å². The molecule has 1 aromatic carbocycles. The van der Waals surface area contributed by atoms with Crippen molar-refractivity contribution in [2.45, 2.75) is 11.3 Å². The van der Waals surface area contributed by atoms with Crippen LogP contribution in [0.3, 0.4) is 0 Å². The summed E-state index contributed by atoms with van der Waals surface area (Å²) in [5, 5.41) is 1.00. The van der Waals surface area contributed by atoms with Gasteiger partial charge >= 0.3 is 5.97 Å². The maximum Gasteiger partial charge on any atom is 0.306 e. The number of methoxy groups -OCH3 is 1. The Balaban J connectivity index is 2.20. The summed E-state index contributed by atoms with van der Waals surface area (Å²) in [7, 11) is -2.44. The first-order valence-electron chi connectivity index (χ1n) is 6.05. The van der Waals surface area contributed by atoms with Crippen LogP contribution in [0.25, 0.3) is 10.9 Å². The van der Waals surface area contributed by atoms with Crippen LogP contribution < -0.4 is 4.72 Å². The van der Waals surface area contributed by atoms with Crippen molar-refractivity contribution >= 4 is 38.5 Å². The number of carbonyl (C=O) groups is 1. The van der Waals surface area contributed by atoms with Crippen molar-refractivity contribution in [2.75, 3.05) is 13.7 Å². The van der Waals surface area contributed by atoms with Gasteiger partial charge in [0.1, 0.15) is 5.15 Å². The number of halogens is 1. The number of aromatic nitrogens is 1. The molecule has 0 spiro atoms. The van der Waals surface area contributed by atoms with E-state index in [1.807, 2.05) is 0 Å². The lowest BCUT2D eigenvalue weighted by molar-refractivity contribution is -0.140. The number of rotatable bonds is 5. The van der Waals surface area contributed by atoms with Gasteiger partial charge < -0.3 is 4.74 Å². The molecule has 0 bridgehead atoms. The average Bonchev–Trinajstić information content (AvgIpc) is 2.46. The number of ether oxygens (including phenoxy) is 1. The molecule has 21 heavy (non-hydrogen) atoms. The molecular weight excluding hydrogens is 316 g/mol. The third-order valence-electron chi connectivity index (χ3n) is 2.79. The van der Waals surface area contributed by atoms with E-state index >= 15 is 0 Å². The summed E-state index contributed by atoms with van der Waals surface area (Å²) < 4.78 is 31.0. The second kappa shape index (κ2) is 6.38. The Bertz CT molecular complexity index is 777. The van der Waals surface area contributed by atoms with E-state index in [-0.39, 0.29) is 17.9 Å². The SMILES string of the molecule is COC(=O)CCNS(=O)(=O)c1ccc2nc(Cl)ccc2c1. The van der Waals surface area contributed by atoms with E-state index in [1.165, 1.54) is 19.2 Å². The summed E-state index contributed by atoms with van der Waals surface area (Å²) in [5.41, 5.74) is 0.607. The van der Waals surface area contributed by atoms with Crippen molar-refractivity contribution in [3.63, 3.8) is 0 Å². The number of pyridine rings is 1. The van der Waals surface area contributed by atoms with Crippen molar-refractivity contribution < 1.29 is 17.9 Å². The average molecular weight is 329 g/mol. The van der Waals surface area contributed by atoms with Crippen LogP contribution in [0.15, 0.2) is 35.2 Å². The minimum Gasteiger partial charge on any atom is -0.469 e. The fourth-order valence-electron chi connectivity index (χ4n) is 1.72. The molecule has 2 aromatic rings. The molecule has 0 radical (unpaired) electrons. The number of hydrogen-bond donors (Lipinski definition) is 1. The lowest BCUT2D eigenvalue weighted by Gasteiger charge is -2.07. The number of nitrogens with one attached hydrogen (secondary N) is 1. The summed E-state index contributed by atoms with van der Waals surface area (Å²) in [6, 6.07) is 7.80. The number of esters is 1. The number of carbonyl (C=O) groups excluding carboxylic acids is 1. The Morgan fingerprint density at radius 1 is 1.33 bits per heavy atom. The molecule has 0 unspecified atom stereocenters. The number of fused-ring (bicyclic) bond motifs is 1. The first-order chi connectivity index (χ1) is 9.92. The topological polar surface area (TPSA) is 85.4 Å². The van der Waals surface area contributed by atoms with Gasteiger partial charge in [-0.25, -0.2) is 18.1 Å². The minimum atomic E-state index is -3.68. The van der Waals surface area contributed by atoms with Crippen LogP contribution in [0.5, 0.6) is 0 Å². The Morgan fingerprint density at radius 2 is 2.10 bits per heavy atom. The van der Waals surface area contributed by atoms with Gasteiger partial charge in [-0.3, -0.25) is 4.79 Å². The molecule has 0 saturated heterocycles. The maximum absolute atomic E-state index is 12.1. The monoisotopic (exact) mass is 328 g/mol. The van der Waals surface area contributed by atoms with Crippen molar-refractivity contribution in [3.05, 3.63) is 35.5 Å². The Hall–Kier alpha value is -1.70. The molecule has 0 aliphatic carbocycles. The summed E-state index contributed by atoms with van der Waals surface area (Å²) in [5.74, 6) is -0.477. The van der Waals surface area contributed by atoms with Crippen LogP contribution in [0.4, 0.5) is 0 Å². The van der Waals surface area contributed by atoms with Crippen molar-refractivity contribution in [1.82, 2.24) is 9.71 Å². The second-order valence-electron chi connectivity index (χ2n) is 4.21. The highest BCUT2D eigenvalue weighted by Crippen LogP contribution is 2.19. The molecule has 1 aromatic heterocycles. The highest BCUT2D eigenvalue weighted by Gasteiger charge is 2.15. The smallest absolute Gasteiger partial charge is 0.306 e. The highest BCUT2D eigenvalue weighted by atomic mass is 35.5. The first-order valence-corrected chi connectivity index (χ1v) is 7.91. The lowest BCUT2D eigenvalue weighted by atomic mass is 10.2. The van der Waals surface area contributed by atoms with Crippen LogP contribution in [0.1, 0.15) is 6.42 Å². The third kappa shape index (κ3) is 3.90. The maximum atomic E-state index is 12.1. The van der Waals surface area contributed by atoms with E-state index < -0.39 is 16.0 Å². The van der Waals surface area contributed by atoms with Gasteiger partial charge in [0.2, 0.25) is 10.0 Å². The molecule has 112 valence electrons. The molecule has 2 rings (SSSR count). The van der Waals surface area contributed by atoms with Gasteiger partial charge in [0.25, 0.3) is 0 Å². The van der Waals surface area contributed by atoms with Crippen molar-refractivity contribution in [2.24, 2.45) is 0 Å². The van der Waals surface area contributed by atoms with Gasteiger partial charge in [-0.2, -0.15) is 0 Å². The molecule has 0 aliphatic rings. The summed E-state index contributed by atoms with van der Waals surface area (Å²) >= 11 is 5.77. The third-order valence-corrected chi connectivity index (χ3v) is 4.46. The van der Waals surface area contributed by atoms with E-state index in [1.54, 1.807) is 18.2 Å². The zero-order valence-corrected chi connectivity index (χ0v) is 12.7. The number of benzene rings is 1. The van der Waals surface area contributed by atoms with E-state index in [0.29, 0.717) is 16.1 Å². The van der Waals surface area contributed by atoms with E-state index in [0.717, 1.165) is 0 Å². The van der Waals surface area contributed by atoms with Crippen LogP contribution in [0.2, 0.25) is 5.15 Å². The molecule has 0 fully saturated rings. The number of hydrogen-bond acceptors (Lipinski definition) is 5. The Kier molecular flexibility index (Phi) is 4.76. The number of sulfonamides is 1. The van der Waals surface area contributed by atoms with E-state index in [9.17, 15) is 13.2 Å². The lowest BCUT2D eigenvalue weighted by Crippen LogP contribution is -2.26. The normalized spacial score (nSPS) is 11.5. The molecule has 1 N–H and O–H groups in total. The Labute approximate surface area is 127 Å². The molecule has 1 heterocycles. The fourth-order valence-corrected chi connectivity index (χ4v) is 2.94. The molecule has 0 atom stereocenters. The van der Waals surface area contributed by atoms with Gasteiger partial charge in [-0.05, 0) is 30.3 Å². The second-order valence-corrected chi connectivity index (χ2v) is 6.37. The van der Waals surface area contributed by atoms with Crippen LogP contribution in [-0.4, -0.2) is 33.0 Å². The van der Waals surface area contributed by atoms with Gasteiger partial charge in [0.15, 0.2) is 0 Å². The van der Waals surface area contributed by atoms with E-state index in [4.69, 9.17) is 11.6 Å². The summed E-state index contributed by atoms with van der Waals surface area (Å²) in [6.45, 7) is -0.0219. The molecule has 6 nitrogen and oxygen atoms in total. The van der Waals surface area contributed by atoms with Crippen molar-refractivity contribution in [1.29, 1.82) is 0 Å². The van der Waals surface area contributed by atoms with Crippen molar-refractivity contribution in [3.8, 4) is 0 Å². The zero-order valence-electron chi connectivity index (χ0n) is 11.2. The zero-order chi connectivity index (χ0) is 15.5. The Morgan fingerprint density at radius 3 is 2.81 bits per heavy atom.